The number of ether oxygens (including phenoxy) is 3. The van der Waals surface area contributed by atoms with Gasteiger partial charge >= 0.3 is 0 Å². The number of para-hydroxylation sites is 1. The van der Waals surface area contributed by atoms with E-state index < -0.39 is 0 Å². The second-order valence-electron chi connectivity index (χ2n) is 5.88. The zero-order valence-electron chi connectivity index (χ0n) is 15.5. The third kappa shape index (κ3) is 6.67. The molecule has 5 nitrogen and oxygen atoms in total. The Morgan fingerprint density at radius 3 is 2.54 bits per heavy atom. The summed E-state index contributed by atoms with van der Waals surface area (Å²) in [6.45, 7) is 3.69. The molecule has 0 atom stereocenters. The van der Waals surface area contributed by atoms with Crippen LogP contribution in [0.1, 0.15) is 31.7 Å². The molecule has 0 radical (unpaired) electrons. The van der Waals surface area contributed by atoms with Gasteiger partial charge in [-0.25, -0.2) is 0 Å². The Labute approximate surface area is 155 Å². The Morgan fingerprint density at radius 1 is 1.00 bits per heavy atom. The van der Waals surface area contributed by atoms with Gasteiger partial charge in [-0.3, -0.25) is 4.79 Å². The van der Waals surface area contributed by atoms with Crippen molar-refractivity contribution >= 4 is 5.91 Å². The van der Waals surface area contributed by atoms with Crippen LogP contribution < -0.4 is 19.5 Å². The molecule has 1 N–H and O–H groups in total. The average Bonchev–Trinajstić information content (AvgIpc) is 2.69. The summed E-state index contributed by atoms with van der Waals surface area (Å²) < 4.78 is 16.6. The molecule has 0 bridgehead atoms. The standard InChI is InChI=1S/C21H27NO4/c1-3-13-26-19-12-11-17(15-20(19)24-2)16-22-21(23)10-7-14-25-18-8-5-4-6-9-18/h4-6,8-9,11-12,15H,3,7,10,13-14,16H2,1-2H3,(H,22,23). The Hall–Kier alpha value is -2.69. The van der Waals surface area contributed by atoms with E-state index in [9.17, 15) is 4.79 Å². The molecule has 26 heavy (non-hydrogen) atoms. The number of methoxy groups -OCH3 is 1. The van der Waals surface area contributed by atoms with Gasteiger partial charge in [0.2, 0.25) is 5.91 Å². The highest BCUT2D eigenvalue weighted by atomic mass is 16.5. The maximum atomic E-state index is 12.0. The minimum Gasteiger partial charge on any atom is -0.494 e. The first-order valence-corrected chi connectivity index (χ1v) is 8.97. The van der Waals surface area contributed by atoms with Gasteiger partial charge in [0.1, 0.15) is 5.75 Å². The van der Waals surface area contributed by atoms with E-state index in [0.717, 1.165) is 23.5 Å². The van der Waals surface area contributed by atoms with Gasteiger partial charge in [0, 0.05) is 13.0 Å². The van der Waals surface area contributed by atoms with E-state index in [1.165, 1.54) is 0 Å². The maximum Gasteiger partial charge on any atom is 0.220 e. The maximum absolute atomic E-state index is 12.0. The zero-order valence-corrected chi connectivity index (χ0v) is 15.5. The molecule has 2 aromatic rings. The second kappa shape index (κ2) is 11.0. The van der Waals surface area contributed by atoms with Crippen molar-refractivity contribution in [3.8, 4) is 17.2 Å². The molecule has 0 saturated carbocycles. The molecule has 140 valence electrons. The first-order chi connectivity index (χ1) is 12.7. The Kier molecular flexibility index (Phi) is 8.33. The lowest BCUT2D eigenvalue weighted by atomic mass is 10.2. The minimum atomic E-state index is 0.00642. The van der Waals surface area contributed by atoms with Gasteiger partial charge in [0.05, 0.1) is 20.3 Å². The SMILES string of the molecule is CCCOc1ccc(CNC(=O)CCCOc2ccccc2)cc1OC. The fourth-order valence-electron chi connectivity index (χ4n) is 2.38. The Bertz CT molecular complexity index is 673. The number of carbonyl (C=O) groups excluding carboxylic acids is 1. The van der Waals surface area contributed by atoms with E-state index >= 15 is 0 Å². The molecule has 0 spiro atoms. The van der Waals surface area contributed by atoms with Crippen LogP contribution in [0.5, 0.6) is 17.2 Å². The summed E-state index contributed by atoms with van der Waals surface area (Å²) >= 11 is 0. The molecule has 2 rings (SSSR count). The second-order valence-corrected chi connectivity index (χ2v) is 5.88. The van der Waals surface area contributed by atoms with E-state index in [4.69, 9.17) is 14.2 Å². The van der Waals surface area contributed by atoms with Crippen molar-refractivity contribution in [2.75, 3.05) is 20.3 Å². The lowest BCUT2D eigenvalue weighted by molar-refractivity contribution is -0.121. The van der Waals surface area contributed by atoms with Crippen LogP contribution in [0.4, 0.5) is 0 Å². The van der Waals surface area contributed by atoms with Crippen molar-refractivity contribution in [2.24, 2.45) is 0 Å². The number of hydrogen-bond acceptors (Lipinski definition) is 4. The summed E-state index contributed by atoms with van der Waals surface area (Å²) in [5.41, 5.74) is 0.972. The summed E-state index contributed by atoms with van der Waals surface area (Å²) in [5, 5.41) is 2.92. The zero-order chi connectivity index (χ0) is 18.6. The van der Waals surface area contributed by atoms with Crippen LogP contribution in [0, 0.1) is 0 Å². The van der Waals surface area contributed by atoms with Crippen molar-refractivity contribution in [1.82, 2.24) is 5.32 Å². The van der Waals surface area contributed by atoms with Crippen molar-refractivity contribution < 1.29 is 19.0 Å². The first kappa shape index (κ1) is 19.6. The molecule has 5 heteroatoms. The predicted molar refractivity (Wildman–Crippen MR) is 102 cm³/mol. The summed E-state index contributed by atoms with van der Waals surface area (Å²) in [7, 11) is 1.61. The Balaban J connectivity index is 1.71. The average molecular weight is 357 g/mol. The van der Waals surface area contributed by atoms with E-state index in [2.05, 4.69) is 12.2 Å². The third-order valence-corrected chi connectivity index (χ3v) is 3.74. The van der Waals surface area contributed by atoms with Gasteiger partial charge in [-0.15, -0.1) is 0 Å². The van der Waals surface area contributed by atoms with Crippen LogP contribution >= 0.6 is 0 Å². The molecule has 0 aliphatic heterocycles. The largest absolute Gasteiger partial charge is 0.494 e. The number of carbonyl (C=O) groups is 1. The highest BCUT2D eigenvalue weighted by Gasteiger charge is 2.07. The molecular weight excluding hydrogens is 330 g/mol. The van der Waals surface area contributed by atoms with E-state index in [1.807, 2.05) is 48.5 Å². The lowest BCUT2D eigenvalue weighted by Gasteiger charge is -2.12. The molecule has 0 heterocycles. The molecular formula is C21H27NO4. The summed E-state index contributed by atoms with van der Waals surface area (Å²) in [4.78, 5) is 12.0. The summed E-state index contributed by atoms with van der Waals surface area (Å²) in [6.07, 6.45) is 2.05. The van der Waals surface area contributed by atoms with Gasteiger partial charge in [0.25, 0.3) is 0 Å². The molecule has 0 aliphatic carbocycles. The van der Waals surface area contributed by atoms with Gasteiger partial charge in [0.15, 0.2) is 11.5 Å². The summed E-state index contributed by atoms with van der Waals surface area (Å²) in [6, 6.07) is 15.3. The quantitative estimate of drug-likeness (QED) is 0.619. The van der Waals surface area contributed by atoms with E-state index in [1.54, 1.807) is 7.11 Å². The molecule has 0 fully saturated rings. The molecule has 1 amide bonds. The van der Waals surface area contributed by atoms with Gasteiger partial charge < -0.3 is 19.5 Å². The molecule has 0 aliphatic rings. The fraction of sp³-hybridized carbons (Fsp3) is 0.381. The number of benzene rings is 2. The van der Waals surface area contributed by atoms with Gasteiger partial charge in [-0.2, -0.15) is 0 Å². The number of nitrogens with one attached hydrogen (secondary N) is 1. The van der Waals surface area contributed by atoms with Crippen LogP contribution in [0.2, 0.25) is 0 Å². The van der Waals surface area contributed by atoms with Crippen molar-refractivity contribution in [1.29, 1.82) is 0 Å². The van der Waals surface area contributed by atoms with Crippen molar-refractivity contribution in [2.45, 2.75) is 32.7 Å². The number of hydrogen-bond donors (Lipinski definition) is 1. The lowest BCUT2D eigenvalue weighted by Crippen LogP contribution is -2.23. The third-order valence-electron chi connectivity index (χ3n) is 3.74. The van der Waals surface area contributed by atoms with Crippen LogP contribution in [0.15, 0.2) is 48.5 Å². The number of amides is 1. The highest BCUT2D eigenvalue weighted by Crippen LogP contribution is 2.28. The fourth-order valence-corrected chi connectivity index (χ4v) is 2.38. The van der Waals surface area contributed by atoms with Crippen molar-refractivity contribution in [3.05, 3.63) is 54.1 Å². The van der Waals surface area contributed by atoms with Crippen LogP contribution in [0.3, 0.4) is 0 Å². The topological polar surface area (TPSA) is 56.8 Å². The predicted octanol–water partition coefficient (Wildman–Crippen LogP) is 3.96. The first-order valence-electron chi connectivity index (χ1n) is 8.97. The Morgan fingerprint density at radius 2 is 1.81 bits per heavy atom. The molecule has 2 aromatic carbocycles. The molecule has 0 aromatic heterocycles. The molecule has 0 saturated heterocycles. The van der Waals surface area contributed by atoms with Crippen LogP contribution in [-0.2, 0) is 11.3 Å². The van der Waals surface area contributed by atoms with E-state index in [0.29, 0.717) is 38.3 Å². The number of rotatable bonds is 11. The minimum absolute atomic E-state index is 0.00642. The highest BCUT2D eigenvalue weighted by molar-refractivity contribution is 5.75. The van der Waals surface area contributed by atoms with Gasteiger partial charge in [-0.1, -0.05) is 31.2 Å². The van der Waals surface area contributed by atoms with E-state index in [-0.39, 0.29) is 5.91 Å². The summed E-state index contributed by atoms with van der Waals surface area (Å²) in [5.74, 6) is 2.24. The van der Waals surface area contributed by atoms with Crippen LogP contribution in [-0.4, -0.2) is 26.2 Å². The van der Waals surface area contributed by atoms with Crippen molar-refractivity contribution in [3.63, 3.8) is 0 Å². The molecule has 0 unspecified atom stereocenters. The van der Waals surface area contributed by atoms with Gasteiger partial charge in [-0.05, 0) is 42.7 Å². The monoisotopic (exact) mass is 357 g/mol. The smallest absolute Gasteiger partial charge is 0.220 e. The normalized spacial score (nSPS) is 10.2. The van der Waals surface area contributed by atoms with Crippen LogP contribution in [0.25, 0.3) is 0 Å².